The lowest BCUT2D eigenvalue weighted by Gasteiger charge is -2.27. The van der Waals surface area contributed by atoms with E-state index in [0.717, 1.165) is 42.7 Å². The Labute approximate surface area is 152 Å². The van der Waals surface area contributed by atoms with E-state index >= 15 is 0 Å². The summed E-state index contributed by atoms with van der Waals surface area (Å²) in [6.45, 7) is 0.176. The van der Waals surface area contributed by atoms with Gasteiger partial charge in [-0.25, -0.2) is 14.0 Å². The Morgan fingerprint density at radius 2 is 2.12 bits per heavy atom. The lowest BCUT2D eigenvalue weighted by Crippen LogP contribution is -2.44. The molecule has 2 amide bonds. The van der Waals surface area contributed by atoms with Crippen LogP contribution < -0.4 is 10.6 Å². The Morgan fingerprint density at radius 3 is 2.84 bits per heavy atom. The first-order valence-corrected chi connectivity index (χ1v) is 9.84. The molecule has 0 saturated heterocycles. The summed E-state index contributed by atoms with van der Waals surface area (Å²) >= 11 is 4.08. The maximum absolute atomic E-state index is 11.7. The van der Waals surface area contributed by atoms with Crippen molar-refractivity contribution in [3.05, 3.63) is 29.1 Å². The zero-order valence-electron chi connectivity index (χ0n) is 13.5. The van der Waals surface area contributed by atoms with Gasteiger partial charge in [0.15, 0.2) is 22.6 Å². The highest BCUT2D eigenvalue weighted by Gasteiger charge is 2.26. The average Bonchev–Trinajstić information content (AvgIpc) is 2.98. The van der Waals surface area contributed by atoms with Crippen LogP contribution in [0.3, 0.4) is 0 Å². The van der Waals surface area contributed by atoms with Crippen molar-refractivity contribution in [3.63, 3.8) is 0 Å². The molecule has 0 aliphatic heterocycles. The maximum Gasteiger partial charge on any atom is 0.315 e. The molecule has 1 unspecified atom stereocenters. The van der Waals surface area contributed by atoms with E-state index in [1.54, 1.807) is 12.1 Å². The molecule has 2 aromatic rings. The number of urea groups is 1. The Balaban J connectivity index is 1.49. The maximum atomic E-state index is 11.7. The molecule has 136 valence electrons. The van der Waals surface area contributed by atoms with Gasteiger partial charge < -0.3 is 19.6 Å². The molecule has 1 aromatic heterocycles. The molecule has 0 radical (unpaired) electrons. The van der Waals surface area contributed by atoms with Crippen molar-refractivity contribution >= 4 is 39.8 Å². The molecule has 1 saturated carbocycles. The predicted molar refractivity (Wildman–Crippen MR) is 96.2 cm³/mol. The lowest BCUT2D eigenvalue weighted by molar-refractivity contribution is 0.230. The van der Waals surface area contributed by atoms with Crippen molar-refractivity contribution in [1.82, 2.24) is 15.6 Å². The number of benzene rings is 1. The van der Waals surface area contributed by atoms with Gasteiger partial charge in [0.25, 0.3) is 0 Å². The van der Waals surface area contributed by atoms with Crippen LogP contribution in [0.15, 0.2) is 22.6 Å². The zero-order chi connectivity index (χ0) is 17.8. The van der Waals surface area contributed by atoms with Gasteiger partial charge in [-0.3, -0.25) is 0 Å². The Bertz CT molecular complexity index is 774. The highest BCUT2D eigenvalue weighted by Crippen LogP contribution is 2.34. The largest absolute Gasteiger partial charge is 0.440 e. The van der Waals surface area contributed by atoms with E-state index in [-0.39, 0.29) is 30.3 Å². The second-order valence-corrected chi connectivity index (χ2v) is 7.63. The third kappa shape index (κ3) is 4.93. The molecule has 0 spiro atoms. The lowest BCUT2D eigenvalue weighted by atomic mass is 9.86. The quantitative estimate of drug-likeness (QED) is 0.686. The van der Waals surface area contributed by atoms with E-state index in [4.69, 9.17) is 20.6 Å². The van der Waals surface area contributed by atoms with E-state index in [9.17, 15) is 9.00 Å². The molecule has 1 aromatic carbocycles. The van der Waals surface area contributed by atoms with E-state index in [1.165, 1.54) is 0 Å². The van der Waals surface area contributed by atoms with Crippen molar-refractivity contribution in [2.24, 2.45) is 0 Å². The fourth-order valence-corrected chi connectivity index (χ4v) is 3.51. The van der Waals surface area contributed by atoms with Crippen molar-refractivity contribution in [3.8, 4) is 0 Å². The van der Waals surface area contributed by atoms with Crippen LogP contribution in [0, 0.1) is 0 Å². The van der Waals surface area contributed by atoms with Crippen LogP contribution in [0.5, 0.6) is 0 Å². The number of rotatable bonds is 5. The minimum absolute atomic E-state index is 0.0297. The average molecular weight is 386 g/mol. The second kappa shape index (κ2) is 8.16. The summed E-state index contributed by atoms with van der Waals surface area (Å²) in [4.78, 5) is 16.3. The molecule has 3 N–H and O–H groups in total. The Hall–Kier alpha value is -1.64. The summed E-state index contributed by atoms with van der Waals surface area (Å²) < 4.78 is 25.0. The summed E-state index contributed by atoms with van der Waals surface area (Å²) in [7, 11) is 0. The van der Waals surface area contributed by atoms with Gasteiger partial charge in [-0.2, -0.15) is 0 Å². The van der Waals surface area contributed by atoms with Gasteiger partial charge in [0.1, 0.15) is 5.52 Å². The Morgan fingerprint density at radius 1 is 1.36 bits per heavy atom. The first-order chi connectivity index (χ1) is 12.0. The van der Waals surface area contributed by atoms with Crippen molar-refractivity contribution in [2.45, 2.75) is 37.6 Å². The molecule has 1 fully saturated rings. The number of oxazole rings is 1. The van der Waals surface area contributed by atoms with Gasteiger partial charge in [0.2, 0.25) is 0 Å². The second-order valence-electron chi connectivity index (χ2n) is 6.14. The number of nitrogens with zero attached hydrogens (tertiary/aromatic N) is 1. The summed E-state index contributed by atoms with van der Waals surface area (Å²) in [5.41, 5.74) is 1.50. The monoisotopic (exact) mass is 385 g/mol. The first-order valence-electron chi connectivity index (χ1n) is 8.19. The number of aromatic nitrogens is 1. The Kier molecular flexibility index (Phi) is 5.93. The number of carbonyl (C=O) groups excluding carboxylic acids is 1. The predicted octanol–water partition coefficient (Wildman–Crippen LogP) is 3.03. The third-order valence-electron chi connectivity index (χ3n) is 4.34. The molecule has 1 aliphatic rings. The summed E-state index contributed by atoms with van der Waals surface area (Å²) in [6, 6.07) is 5.19. The minimum Gasteiger partial charge on any atom is -0.440 e. The van der Waals surface area contributed by atoms with Gasteiger partial charge >= 0.3 is 6.03 Å². The number of carbonyl (C=O) groups is 1. The number of nitrogens with one attached hydrogen (secondary N) is 2. The molecule has 3 rings (SSSR count). The van der Waals surface area contributed by atoms with Crippen LogP contribution in [-0.2, 0) is 11.1 Å². The van der Waals surface area contributed by atoms with Gasteiger partial charge in [0.05, 0.1) is 5.75 Å². The normalized spacial score (nSPS) is 21.8. The molecule has 1 heterocycles. The highest BCUT2D eigenvalue weighted by molar-refractivity contribution is 7.79. The van der Waals surface area contributed by atoms with Gasteiger partial charge in [-0.05, 0) is 43.9 Å². The summed E-state index contributed by atoms with van der Waals surface area (Å²) in [5.74, 6) is 0.997. The summed E-state index contributed by atoms with van der Waals surface area (Å²) in [6.07, 6.45) is 3.44. The van der Waals surface area contributed by atoms with Crippen molar-refractivity contribution in [1.29, 1.82) is 0 Å². The fourth-order valence-electron chi connectivity index (χ4n) is 3.07. The molecule has 7 nitrogen and oxygen atoms in total. The molecular weight excluding hydrogens is 366 g/mol. The van der Waals surface area contributed by atoms with Gasteiger partial charge in [0, 0.05) is 23.5 Å². The van der Waals surface area contributed by atoms with E-state index in [0.29, 0.717) is 5.02 Å². The molecule has 25 heavy (non-hydrogen) atoms. The molecule has 0 bridgehead atoms. The van der Waals surface area contributed by atoms with Crippen LogP contribution in [0.1, 0.15) is 37.5 Å². The molecule has 1 atom stereocenters. The van der Waals surface area contributed by atoms with Crippen LogP contribution in [0.2, 0.25) is 5.02 Å². The molecule has 1 aliphatic carbocycles. The van der Waals surface area contributed by atoms with E-state index in [2.05, 4.69) is 15.6 Å². The van der Waals surface area contributed by atoms with Gasteiger partial charge in [-0.15, -0.1) is 0 Å². The highest BCUT2D eigenvalue weighted by atomic mass is 35.5. The summed E-state index contributed by atoms with van der Waals surface area (Å²) in [5, 5.41) is 6.12. The standard InChI is InChI=1S/C16H20ClN3O4S/c17-11-3-6-14-13(9-11)20-15(24-14)10-1-4-12(5-2-10)19-16(21)18-7-8-25(22)23/h3,6,9-10,12H,1-2,4-5,7-8H2,(H,22,23)(H2,18,19,21). The number of halogens is 1. The number of hydrogen-bond acceptors (Lipinski definition) is 4. The number of fused-ring (bicyclic) bond motifs is 1. The smallest absolute Gasteiger partial charge is 0.315 e. The SMILES string of the molecule is O=C(NCCS(=O)O)NC1CCC(c2nc3cc(Cl)ccc3o2)CC1. The number of amides is 2. The molecule has 9 heteroatoms. The van der Waals surface area contributed by atoms with E-state index in [1.807, 2.05) is 6.07 Å². The molecular formula is C16H20ClN3O4S. The van der Waals surface area contributed by atoms with Crippen LogP contribution in [-0.4, -0.2) is 38.1 Å². The third-order valence-corrected chi connectivity index (χ3v) is 5.13. The first kappa shape index (κ1) is 18.2. The zero-order valence-corrected chi connectivity index (χ0v) is 15.1. The minimum atomic E-state index is -1.89. The van der Waals surface area contributed by atoms with Crippen molar-refractivity contribution in [2.75, 3.05) is 12.3 Å². The van der Waals surface area contributed by atoms with Crippen LogP contribution in [0.4, 0.5) is 4.79 Å². The van der Waals surface area contributed by atoms with E-state index < -0.39 is 11.1 Å². The van der Waals surface area contributed by atoms with Crippen LogP contribution in [0.25, 0.3) is 11.1 Å². The van der Waals surface area contributed by atoms with Crippen molar-refractivity contribution < 1.29 is 18.0 Å². The number of hydrogen-bond donors (Lipinski definition) is 3. The van der Waals surface area contributed by atoms with Gasteiger partial charge in [-0.1, -0.05) is 11.6 Å². The topological polar surface area (TPSA) is 104 Å². The van der Waals surface area contributed by atoms with Crippen LogP contribution >= 0.6 is 11.6 Å². The fraction of sp³-hybridized carbons (Fsp3) is 0.500.